The molecule has 0 aromatic heterocycles. The second kappa shape index (κ2) is 5.99. The number of fused-ring (bicyclic) bond motifs is 1. The first kappa shape index (κ1) is 13.7. The normalized spacial score (nSPS) is 15.4. The Balaban J connectivity index is 1.63. The molecule has 2 aromatic rings. The lowest BCUT2D eigenvalue weighted by molar-refractivity contribution is 0.274. The highest BCUT2D eigenvalue weighted by molar-refractivity contribution is 5.41. The Bertz CT molecular complexity index is 715. The van der Waals surface area contributed by atoms with E-state index in [-0.39, 0.29) is 12.4 Å². The summed E-state index contributed by atoms with van der Waals surface area (Å²) in [6.07, 6.45) is 1.03. The lowest BCUT2D eigenvalue weighted by Gasteiger charge is -2.29. The fourth-order valence-electron chi connectivity index (χ4n) is 2.54. The van der Waals surface area contributed by atoms with Gasteiger partial charge in [0, 0.05) is 12.0 Å². The van der Waals surface area contributed by atoms with Gasteiger partial charge in [-0.15, -0.1) is 0 Å². The van der Waals surface area contributed by atoms with Crippen LogP contribution in [0.5, 0.6) is 5.75 Å². The molecular weight excluding hydrogens is 265 g/mol. The van der Waals surface area contributed by atoms with Crippen molar-refractivity contribution < 1.29 is 9.13 Å². The van der Waals surface area contributed by atoms with Gasteiger partial charge in [-0.25, -0.2) is 4.39 Å². The molecule has 2 nitrogen and oxygen atoms in total. The molecule has 1 aliphatic rings. The first-order valence-corrected chi connectivity index (χ1v) is 6.97. The van der Waals surface area contributed by atoms with Gasteiger partial charge >= 0.3 is 0 Å². The summed E-state index contributed by atoms with van der Waals surface area (Å²) in [5, 5.41) is 0. The van der Waals surface area contributed by atoms with Crippen molar-refractivity contribution in [3.05, 3.63) is 65.0 Å². The summed E-state index contributed by atoms with van der Waals surface area (Å²) in [7, 11) is 0. The standard InChI is InChI=1S/C18H16FNO/c19-18-11-16(8-7-13(18)5-3-9-20)21-12-15-10-14-4-1-2-6-17(14)15/h1-2,4,6-8,11,15H,9-10,12,20H2. The van der Waals surface area contributed by atoms with Crippen LogP contribution in [0.25, 0.3) is 0 Å². The summed E-state index contributed by atoms with van der Waals surface area (Å²) in [6.45, 7) is 0.795. The van der Waals surface area contributed by atoms with Gasteiger partial charge in [0.2, 0.25) is 0 Å². The van der Waals surface area contributed by atoms with Crippen LogP contribution in [0.15, 0.2) is 42.5 Å². The van der Waals surface area contributed by atoms with Gasteiger partial charge in [0.1, 0.15) is 11.6 Å². The number of hydrogen-bond acceptors (Lipinski definition) is 2. The van der Waals surface area contributed by atoms with Crippen LogP contribution in [0, 0.1) is 17.7 Å². The largest absolute Gasteiger partial charge is 0.493 e. The highest BCUT2D eigenvalue weighted by atomic mass is 19.1. The van der Waals surface area contributed by atoms with Crippen LogP contribution in [-0.2, 0) is 6.42 Å². The summed E-state index contributed by atoms with van der Waals surface area (Å²) in [5.41, 5.74) is 8.34. The molecule has 3 heteroatoms. The number of ether oxygens (including phenoxy) is 1. The van der Waals surface area contributed by atoms with Crippen LogP contribution in [0.2, 0.25) is 0 Å². The summed E-state index contributed by atoms with van der Waals surface area (Å²) < 4.78 is 19.5. The molecule has 1 atom stereocenters. The Morgan fingerprint density at radius 2 is 2.10 bits per heavy atom. The van der Waals surface area contributed by atoms with Gasteiger partial charge in [0.25, 0.3) is 0 Å². The van der Waals surface area contributed by atoms with Crippen molar-refractivity contribution in [1.82, 2.24) is 0 Å². The van der Waals surface area contributed by atoms with Crippen molar-refractivity contribution in [2.24, 2.45) is 5.73 Å². The molecule has 2 N–H and O–H groups in total. The van der Waals surface area contributed by atoms with Crippen molar-refractivity contribution in [2.75, 3.05) is 13.2 Å². The smallest absolute Gasteiger partial charge is 0.142 e. The van der Waals surface area contributed by atoms with Crippen LogP contribution in [0.1, 0.15) is 22.6 Å². The van der Waals surface area contributed by atoms with E-state index < -0.39 is 0 Å². The molecule has 106 valence electrons. The zero-order valence-electron chi connectivity index (χ0n) is 11.6. The maximum absolute atomic E-state index is 13.8. The third-order valence-electron chi connectivity index (χ3n) is 3.68. The average molecular weight is 281 g/mol. The summed E-state index contributed by atoms with van der Waals surface area (Å²) in [6, 6.07) is 13.1. The Hall–Kier alpha value is -2.31. The Labute approximate surface area is 123 Å². The van der Waals surface area contributed by atoms with Gasteiger partial charge in [-0.2, -0.15) is 0 Å². The van der Waals surface area contributed by atoms with E-state index in [1.807, 2.05) is 12.1 Å². The maximum Gasteiger partial charge on any atom is 0.142 e. The van der Waals surface area contributed by atoms with Crippen molar-refractivity contribution in [3.63, 3.8) is 0 Å². The van der Waals surface area contributed by atoms with Crippen molar-refractivity contribution in [1.29, 1.82) is 0 Å². The topological polar surface area (TPSA) is 35.2 Å². The van der Waals surface area contributed by atoms with E-state index in [2.05, 4.69) is 24.0 Å². The van der Waals surface area contributed by atoms with E-state index in [0.29, 0.717) is 23.8 Å². The van der Waals surface area contributed by atoms with Crippen molar-refractivity contribution >= 4 is 0 Å². The molecule has 0 radical (unpaired) electrons. The predicted octanol–water partition coefficient (Wildman–Crippen LogP) is 2.85. The zero-order valence-corrected chi connectivity index (χ0v) is 11.6. The van der Waals surface area contributed by atoms with E-state index >= 15 is 0 Å². The van der Waals surface area contributed by atoms with Gasteiger partial charge in [-0.1, -0.05) is 36.1 Å². The molecule has 0 spiro atoms. The average Bonchev–Trinajstić information content (AvgIpc) is 2.47. The minimum atomic E-state index is -0.373. The third-order valence-corrected chi connectivity index (χ3v) is 3.68. The molecule has 1 unspecified atom stereocenters. The fourth-order valence-corrected chi connectivity index (χ4v) is 2.54. The summed E-state index contributed by atoms with van der Waals surface area (Å²) >= 11 is 0. The van der Waals surface area contributed by atoms with Gasteiger partial charge < -0.3 is 10.5 Å². The van der Waals surface area contributed by atoms with Crippen molar-refractivity contribution in [2.45, 2.75) is 12.3 Å². The molecular formula is C18H16FNO. The lowest BCUT2D eigenvalue weighted by Crippen LogP contribution is -2.23. The Morgan fingerprint density at radius 1 is 1.24 bits per heavy atom. The molecule has 1 aliphatic carbocycles. The van der Waals surface area contributed by atoms with E-state index in [0.717, 1.165) is 6.42 Å². The molecule has 0 fully saturated rings. The van der Waals surface area contributed by atoms with E-state index in [4.69, 9.17) is 10.5 Å². The van der Waals surface area contributed by atoms with Crippen LogP contribution in [0.3, 0.4) is 0 Å². The van der Waals surface area contributed by atoms with Crippen LogP contribution in [0.4, 0.5) is 4.39 Å². The van der Waals surface area contributed by atoms with Crippen LogP contribution >= 0.6 is 0 Å². The first-order valence-electron chi connectivity index (χ1n) is 6.97. The monoisotopic (exact) mass is 281 g/mol. The van der Waals surface area contributed by atoms with Gasteiger partial charge in [0.15, 0.2) is 0 Å². The molecule has 0 saturated carbocycles. The van der Waals surface area contributed by atoms with E-state index in [9.17, 15) is 4.39 Å². The SMILES string of the molecule is NCC#Cc1ccc(OCC2Cc3ccccc32)cc1F. The molecule has 0 bridgehead atoms. The predicted molar refractivity (Wildman–Crippen MR) is 80.7 cm³/mol. The highest BCUT2D eigenvalue weighted by Gasteiger charge is 2.25. The van der Waals surface area contributed by atoms with E-state index in [1.54, 1.807) is 12.1 Å². The van der Waals surface area contributed by atoms with Crippen molar-refractivity contribution in [3.8, 4) is 17.6 Å². The van der Waals surface area contributed by atoms with Gasteiger partial charge in [0.05, 0.1) is 18.7 Å². The zero-order chi connectivity index (χ0) is 14.7. The highest BCUT2D eigenvalue weighted by Crippen LogP contribution is 2.35. The fraction of sp³-hybridized carbons (Fsp3) is 0.222. The van der Waals surface area contributed by atoms with Gasteiger partial charge in [-0.05, 0) is 29.7 Å². The lowest BCUT2D eigenvalue weighted by atomic mass is 9.78. The molecule has 0 amide bonds. The quantitative estimate of drug-likeness (QED) is 0.878. The Morgan fingerprint density at radius 3 is 2.86 bits per heavy atom. The van der Waals surface area contributed by atoms with Crippen LogP contribution < -0.4 is 10.5 Å². The number of hydrogen-bond donors (Lipinski definition) is 1. The van der Waals surface area contributed by atoms with E-state index in [1.165, 1.54) is 17.2 Å². The Kier molecular flexibility index (Phi) is 3.89. The minimum absolute atomic E-state index is 0.221. The number of rotatable bonds is 3. The second-order valence-electron chi connectivity index (χ2n) is 5.06. The molecule has 3 rings (SSSR count). The first-order chi connectivity index (χ1) is 10.3. The van der Waals surface area contributed by atoms with Gasteiger partial charge in [-0.3, -0.25) is 0 Å². The summed E-state index contributed by atoms with van der Waals surface area (Å²) in [4.78, 5) is 0. The molecule has 0 aliphatic heterocycles. The third kappa shape index (κ3) is 2.91. The molecule has 2 aromatic carbocycles. The maximum atomic E-state index is 13.8. The molecule has 0 saturated heterocycles. The summed E-state index contributed by atoms with van der Waals surface area (Å²) in [5.74, 6) is 5.90. The van der Waals surface area contributed by atoms with Crippen LogP contribution in [-0.4, -0.2) is 13.2 Å². The number of benzene rings is 2. The number of nitrogens with two attached hydrogens (primary N) is 1. The number of halogens is 1. The minimum Gasteiger partial charge on any atom is -0.493 e. The molecule has 21 heavy (non-hydrogen) atoms. The molecule has 0 heterocycles. The second-order valence-corrected chi connectivity index (χ2v) is 5.06.